The van der Waals surface area contributed by atoms with Crippen LogP contribution >= 0.6 is 11.3 Å². The molecule has 1 N–H and O–H groups in total. The Bertz CT molecular complexity index is 665. The number of nitrogens with zero attached hydrogens (tertiary/aromatic N) is 2. The minimum Gasteiger partial charge on any atom is -0.353 e. The molecule has 3 heterocycles. The zero-order valence-corrected chi connectivity index (χ0v) is 14.3. The van der Waals surface area contributed by atoms with Gasteiger partial charge in [0, 0.05) is 43.5 Å². The molecule has 3 rings (SSSR count). The molecule has 0 bridgehead atoms. The standard InChI is InChI=1S/C18H21N3O2S/c22-17(2-1-14-7-12-24-13-14)20-16-5-10-21(11-6-16)18(23)15-3-8-19-9-4-15/h3-4,7-9,12-13,16H,1-2,5-6,10-11H2,(H,20,22). The zero-order valence-electron chi connectivity index (χ0n) is 13.5. The van der Waals surface area contributed by atoms with Gasteiger partial charge >= 0.3 is 0 Å². The lowest BCUT2D eigenvalue weighted by Gasteiger charge is -2.32. The van der Waals surface area contributed by atoms with Crippen LogP contribution in [0.2, 0.25) is 0 Å². The molecule has 6 heteroatoms. The number of pyridine rings is 1. The predicted octanol–water partition coefficient (Wildman–Crippen LogP) is 2.50. The Morgan fingerprint density at radius 3 is 2.62 bits per heavy atom. The molecule has 126 valence electrons. The fourth-order valence-electron chi connectivity index (χ4n) is 2.90. The van der Waals surface area contributed by atoms with Crippen molar-refractivity contribution < 1.29 is 9.59 Å². The number of hydrogen-bond donors (Lipinski definition) is 1. The van der Waals surface area contributed by atoms with Crippen LogP contribution < -0.4 is 5.32 Å². The van der Waals surface area contributed by atoms with Gasteiger partial charge in [0.25, 0.3) is 5.91 Å². The number of aromatic nitrogens is 1. The summed E-state index contributed by atoms with van der Waals surface area (Å²) in [5.41, 5.74) is 1.89. The van der Waals surface area contributed by atoms with Gasteiger partial charge in [0.05, 0.1) is 0 Å². The number of hydrogen-bond acceptors (Lipinski definition) is 4. The first-order valence-corrected chi connectivity index (χ1v) is 9.16. The number of amides is 2. The third kappa shape index (κ3) is 4.41. The molecule has 2 aromatic heterocycles. The van der Waals surface area contributed by atoms with Gasteiger partial charge in [-0.05, 0) is 53.8 Å². The highest BCUT2D eigenvalue weighted by molar-refractivity contribution is 7.07. The first-order chi connectivity index (χ1) is 11.7. The van der Waals surface area contributed by atoms with Crippen LogP contribution in [-0.4, -0.2) is 40.8 Å². The summed E-state index contributed by atoms with van der Waals surface area (Å²) in [4.78, 5) is 30.2. The van der Waals surface area contributed by atoms with Crippen LogP contribution in [0.1, 0.15) is 35.2 Å². The SMILES string of the molecule is O=C(CCc1ccsc1)NC1CCN(C(=O)c2ccncc2)CC1. The van der Waals surface area contributed by atoms with Gasteiger partial charge in [0.2, 0.25) is 5.91 Å². The normalized spacial score (nSPS) is 15.2. The largest absolute Gasteiger partial charge is 0.353 e. The summed E-state index contributed by atoms with van der Waals surface area (Å²) < 4.78 is 0. The number of likely N-dealkylation sites (tertiary alicyclic amines) is 1. The van der Waals surface area contributed by atoms with E-state index in [1.165, 1.54) is 5.56 Å². The fourth-order valence-corrected chi connectivity index (χ4v) is 3.60. The van der Waals surface area contributed by atoms with E-state index in [0.717, 1.165) is 19.3 Å². The molecule has 1 saturated heterocycles. The van der Waals surface area contributed by atoms with Gasteiger partial charge in [0.1, 0.15) is 0 Å². The van der Waals surface area contributed by atoms with Crippen LogP contribution in [-0.2, 0) is 11.2 Å². The van der Waals surface area contributed by atoms with E-state index in [0.29, 0.717) is 25.1 Å². The van der Waals surface area contributed by atoms with Crippen molar-refractivity contribution in [2.24, 2.45) is 0 Å². The molecule has 0 radical (unpaired) electrons. The van der Waals surface area contributed by atoms with Crippen LogP contribution in [0.3, 0.4) is 0 Å². The van der Waals surface area contributed by atoms with E-state index < -0.39 is 0 Å². The molecule has 5 nitrogen and oxygen atoms in total. The van der Waals surface area contributed by atoms with Gasteiger partial charge in [-0.2, -0.15) is 11.3 Å². The third-order valence-corrected chi connectivity index (χ3v) is 5.03. The van der Waals surface area contributed by atoms with E-state index in [4.69, 9.17) is 0 Å². The topological polar surface area (TPSA) is 62.3 Å². The molecule has 1 fully saturated rings. The van der Waals surface area contributed by atoms with E-state index in [2.05, 4.69) is 21.7 Å². The van der Waals surface area contributed by atoms with Gasteiger partial charge in [0.15, 0.2) is 0 Å². The molecule has 0 spiro atoms. The number of aryl methyl sites for hydroxylation is 1. The predicted molar refractivity (Wildman–Crippen MR) is 93.9 cm³/mol. The summed E-state index contributed by atoms with van der Waals surface area (Å²) in [5, 5.41) is 7.21. The van der Waals surface area contributed by atoms with E-state index in [9.17, 15) is 9.59 Å². The third-order valence-electron chi connectivity index (χ3n) is 4.30. The molecule has 0 aliphatic carbocycles. The van der Waals surface area contributed by atoms with Crippen molar-refractivity contribution in [2.45, 2.75) is 31.7 Å². The monoisotopic (exact) mass is 343 g/mol. The summed E-state index contributed by atoms with van der Waals surface area (Å²) in [7, 11) is 0. The van der Waals surface area contributed by atoms with Crippen molar-refractivity contribution in [1.29, 1.82) is 0 Å². The first kappa shape index (κ1) is 16.6. The second kappa shape index (κ2) is 8.06. The van der Waals surface area contributed by atoms with Crippen molar-refractivity contribution in [3.8, 4) is 0 Å². The summed E-state index contributed by atoms with van der Waals surface area (Å²) in [6, 6.07) is 5.70. The van der Waals surface area contributed by atoms with E-state index in [1.807, 2.05) is 10.3 Å². The highest BCUT2D eigenvalue weighted by Crippen LogP contribution is 2.14. The number of nitrogens with one attached hydrogen (secondary N) is 1. The molecule has 0 unspecified atom stereocenters. The molecule has 24 heavy (non-hydrogen) atoms. The number of rotatable bonds is 5. The van der Waals surface area contributed by atoms with Crippen molar-refractivity contribution in [1.82, 2.24) is 15.2 Å². The van der Waals surface area contributed by atoms with E-state index >= 15 is 0 Å². The number of carbonyl (C=O) groups excluding carboxylic acids is 2. The fraction of sp³-hybridized carbons (Fsp3) is 0.389. The minimum atomic E-state index is 0.0413. The lowest BCUT2D eigenvalue weighted by atomic mass is 10.0. The van der Waals surface area contributed by atoms with Crippen LogP contribution in [0, 0.1) is 0 Å². The van der Waals surface area contributed by atoms with Crippen LogP contribution in [0.4, 0.5) is 0 Å². The Morgan fingerprint density at radius 1 is 1.21 bits per heavy atom. The molecular formula is C18H21N3O2S. The summed E-state index contributed by atoms with van der Waals surface area (Å²) >= 11 is 1.65. The van der Waals surface area contributed by atoms with Gasteiger partial charge in [-0.3, -0.25) is 14.6 Å². The van der Waals surface area contributed by atoms with Gasteiger partial charge in [-0.15, -0.1) is 0 Å². The summed E-state index contributed by atoms with van der Waals surface area (Å²) in [5.74, 6) is 0.139. The average Bonchev–Trinajstić information content (AvgIpc) is 3.14. The average molecular weight is 343 g/mol. The lowest BCUT2D eigenvalue weighted by molar-refractivity contribution is -0.122. The highest BCUT2D eigenvalue weighted by Gasteiger charge is 2.24. The molecule has 0 aromatic carbocycles. The Labute approximate surface area is 145 Å². The minimum absolute atomic E-state index is 0.0413. The number of thiophene rings is 1. The maximum Gasteiger partial charge on any atom is 0.253 e. The van der Waals surface area contributed by atoms with Gasteiger partial charge < -0.3 is 10.2 Å². The maximum absolute atomic E-state index is 12.4. The summed E-state index contributed by atoms with van der Waals surface area (Å²) in [6.45, 7) is 1.35. The van der Waals surface area contributed by atoms with E-state index in [1.54, 1.807) is 35.9 Å². The second-order valence-electron chi connectivity index (χ2n) is 6.00. The molecule has 1 aliphatic rings. The smallest absolute Gasteiger partial charge is 0.253 e. The molecule has 0 saturated carbocycles. The molecule has 2 amide bonds. The second-order valence-corrected chi connectivity index (χ2v) is 6.78. The number of piperidine rings is 1. The van der Waals surface area contributed by atoms with Crippen molar-refractivity contribution >= 4 is 23.2 Å². The Kier molecular flexibility index (Phi) is 5.59. The van der Waals surface area contributed by atoms with E-state index in [-0.39, 0.29) is 17.9 Å². The van der Waals surface area contributed by atoms with Crippen LogP contribution in [0.25, 0.3) is 0 Å². The van der Waals surface area contributed by atoms with Crippen molar-refractivity contribution in [2.75, 3.05) is 13.1 Å². The molecular weight excluding hydrogens is 322 g/mol. The quantitative estimate of drug-likeness (QED) is 0.907. The maximum atomic E-state index is 12.4. The Morgan fingerprint density at radius 2 is 1.96 bits per heavy atom. The van der Waals surface area contributed by atoms with Gasteiger partial charge in [-0.1, -0.05) is 0 Å². The molecule has 1 aliphatic heterocycles. The highest BCUT2D eigenvalue weighted by atomic mass is 32.1. The Hall–Kier alpha value is -2.21. The molecule has 0 atom stereocenters. The number of carbonyl (C=O) groups is 2. The van der Waals surface area contributed by atoms with Crippen LogP contribution in [0.15, 0.2) is 41.4 Å². The lowest BCUT2D eigenvalue weighted by Crippen LogP contribution is -2.46. The van der Waals surface area contributed by atoms with Crippen molar-refractivity contribution in [3.63, 3.8) is 0 Å². The van der Waals surface area contributed by atoms with Gasteiger partial charge in [-0.25, -0.2) is 0 Å². The van der Waals surface area contributed by atoms with Crippen molar-refractivity contribution in [3.05, 3.63) is 52.5 Å². The first-order valence-electron chi connectivity index (χ1n) is 8.22. The zero-order chi connectivity index (χ0) is 16.8. The summed E-state index contributed by atoms with van der Waals surface area (Å²) in [6.07, 6.45) is 6.19. The molecule has 2 aromatic rings. The van der Waals surface area contributed by atoms with Crippen LogP contribution in [0.5, 0.6) is 0 Å². The Balaban J connectivity index is 1.42.